The van der Waals surface area contributed by atoms with Crippen LogP contribution in [0.3, 0.4) is 0 Å². The molecule has 2 rings (SSSR count). The van der Waals surface area contributed by atoms with Crippen LogP contribution in [0.2, 0.25) is 0 Å². The number of rotatable bonds is 5. The third-order valence-electron chi connectivity index (χ3n) is 2.71. The molecule has 0 saturated carbocycles. The van der Waals surface area contributed by atoms with Crippen molar-refractivity contribution in [1.82, 2.24) is 0 Å². The SMILES string of the molecule is COc1ccc(/C=N/N=C\c2ccc(OC(F)(F)F)cc2)cc1. The highest BCUT2D eigenvalue weighted by molar-refractivity contribution is 5.82. The first kappa shape index (κ1) is 16.5. The molecule has 7 heteroatoms. The second kappa shape index (κ2) is 7.44. The minimum absolute atomic E-state index is 0.281. The van der Waals surface area contributed by atoms with Crippen LogP contribution in [-0.2, 0) is 0 Å². The monoisotopic (exact) mass is 322 g/mol. The highest BCUT2D eigenvalue weighted by atomic mass is 19.4. The molecular weight excluding hydrogens is 309 g/mol. The maximum absolute atomic E-state index is 12.0. The van der Waals surface area contributed by atoms with Gasteiger partial charge in [-0.3, -0.25) is 0 Å². The first-order valence-electron chi connectivity index (χ1n) is 6.52. The first-order chi connectivity index (χ1) is 11.0. The third-order valence-corrected chi connectivity index (χ3v) is 2.71. The fourth-order valence-electron chi connectivity index (χ4n) is 1.65. The Kier molecular flexibility index (Phi) is 5.35. The number of halogens is 3. The van der Waals surface area contributed by atoms with E-state index in [9.17, 15) is 13.2 Å². The zero-order chi connectivity index (χ0) is 16.7. The summed E-state index contributed by atoms with van der Waals surface area (Å²) in [6, 6.07) is 12.6. The molecular formula is C16H13F3N2O2. The minimum atomic E-state index is -4.70. The molecule has 120 valence electrons. The van der Waals surface area contributed by atoms with Crippen molar-refractivity contribution in [3.63, 3.8) is 0 Å². The maximum Gasteiger partial charge on any atom is 0.573 e. The van der Waals surface area contributed by atoms with E-state index in [2.05, 4.69) is 14.9 Å². The van der Waals surface area contributed by atoms with Crippen molar-refractivity contribution in [3.8, 4) is 11.5 Å². The average Bonchev–Trinajstić information content (AvgIpc) is 2.52. The normalized spacial score (nSPS) is 12.0. The van der Waals surface area contributed by atoms with E-state index >= 15 is 0 Å². The van der Waals surface area contributed by atoms with E-state index in [0.29, 0.717) is 5.56 Å². The molecule has 0 aliphatic rings. The zero-order valence-electron chi connectivity index (χ0n) is 12.1. The fraction of sp³-hybridized carbons (Fsp3) is 0.125. The van der Waals surface area contributed by atoms with Gasteiger partial charge in [0, 0.05) is 0 Å². The van der Waals surface area contributed by atoms with Crippen LogP contribution >= 0.6 is 0 Å². The fourth-order valence-corrected chi connectivity index (χ4v) is 1.65. The van der Waals surface area contributed by atoms with Gasteiger partial charge in [-0.05, 0) is 59.7 Å². The van der Waals surface area contributed by atoms with E-state index in [1.54, 1.807) is 25.5 Å². The quantitative estimate of drug-likeness (QED) is 0.616. The van der Waals surface area contributed by atoms with Crippen molar-refractivity contribution in [1.29, 1.82) is 0 Å². The summed E-state index contributed by atoms with van der Waals surface area (Å²) in [6.45, 7) is 0. The molecule has 0 aliphatic heterocycles. The number of alkyl halides is 3. The lowest BCUT2D eigenvalue weighted by Gasteiger charge is -2.08. The van der Waals surface area contributed by atoms with Gasteiger partial charge < -0.3 is 9.47 Å². The molecule has 2 aromatic carbocycles. The summed E-state index contributed by atoms with van der Waals surface area (Å²) in [5, 5.41) is 7.70. The summed E-state index contributed by atoms with van der Waals surface area (Å²) in [6.07, 6.45) is -1.72. The number of hydrogen-bond donors (Lipinski definition) is 0. The molecule has 0 atom stereocenters. The van der Waals surface area contributed by atoms with E-state index in [-0.39, 0.29) is 5.75 Å². The van der Waals surface area contributed by atoms with Crippen molar-refractivity contribution in [2.24, 2.45) is 10.2 Å². The summed E-state index contributed by atoms with van der Waals surface area (Å²) in [5.74, 6) is 0.461. The second-order valence-electron chi connectivity index (χ2n) is 4.38. The molecule has 0 saturated heterocycles. The molecule has 0 aliphatic carbocycles. The van der Waals surface area contributed by atoms with E-state index in [1.165, 1.54) is 30.5 Å². The summed E-state index contributed by atoms with van der Waals surface area (Å²) >= 11 is 0. The highest BCUT2D eigenvalue weighted by Gasteiger charge is 2.30. The Morgan fingerprint density at radius 1 is 0.783 bits per heavy atom. The van der Waals surface area contributed by atoms with Gasteiger partial charge in [-0.1, -0.05) is 0 Å². The van der Waals surface area contributed by atoms with E-state index < -0.39 is 6.36 Å². The Hall–Kier alpha value is -2.83. The van der Waals surface area contributed by atoms with E-state index in [4.69, 9.17) is 4.74 Å². The topological polar surface area (TPSA) is 43.2 Å². The van der Waals surface area contributed by atoms with Crippen LogP contribution in [0, 0.1) is 0 Å². The largest absolute Gasteiger partial charge is 0.573 e. The number of benzene rings is 2. The summed E-state index contributed by atoms with van der Waals surface area (Å²) in [4.78, 5) is 0. The van der Waals surface area contributed by atoms with Crippen LogP contribution in [0.4, 0.5) is 13.2 Å². The second-order valence-corrected chi connectivity index (χ2v) is 4.38. The molecule has 0 radical (unpaired) electrons. The predicted molar refractivity (Wildman–Crippen MR) is 81.3 cm³/mol. The Bertz CT molecular complexity index is 678. The number of methoxy groups -OCH3 is 1. The lowest BCUT2D eigenvalue weighted by molar-refractivity contribution is -0.274. The van der Waals surface area contributed by atoms with Gasteiger partial charge in [0.2, 0.25) is 0 Å². The molecule has 0 spiro atoms. The van der Waals surface area contributed by atoms with Crippen LogP contribution in [0.15, 0.2) is 58.7 Å². The van der Waals surface area contributed by atoms with E-state index in [1.807, 2.05) is 12.1 Å². The predicted octanol–water partition coefficient (Wildman–Crippen LogP) is 4.05. The molecule has 0 bridgehead atoms. The minimum Gasteiger partial charge on any atom is -0.497 e. The smallest absolute Gasteiger partial charge is 0.497 e. The third kappa shape index (κ3) is 5.82. The Morgan fingerprint density at radius 3 is 1.61 bits per heavy atom. The molecule has 0 aromatic heterocycles. The van der Waals surface area contributed by atoms with Crippen molar-refractivity contribution in [3.05, 3.63) is 59.7 Å². The number of nitrogens with zero attached hydrogens (tertiary/aromatic N) is 2. The lowest BCUT2D eigenvalue weighted by Crippen LogP contribution is -2.16. The van der Waals surface area contributed by atoms with Crippen LogP contribution in [0.25, 0.3) is 0 Å². The molecule has 0 fully saturated rings. The molecule has 0 unspecified atom stereocenters. The molecule has 0 N–H and O–H groups in total. The zero-order valence-corrected chi connectivity index (χ0v) is 12.1. The van der Waals surface area contributed by atoms with E-state index in [0.717, 1.165) is 11.3 Å². The summed E-state index contributed by atoms with van der Waals surface area (Å²) in [5.41, 5.74) is 1.45. The lowest BCUT2D eigenvalue weighted by atomic mass is 10.2. The van der Waals surface area contributed by atoms with Crippen molar-refractivity contribution >= 4 is 12.4 Å². The van der Waals surface area contributed by atoms with Gasteiger partial charge in [0.15, 0.2) is 0 Å². The van der Waals surface area contributed by atoms with Gasteiger partial charge in [0.25, 0.3) is 0 Å². The molecule has 0 heterocycles. The number of hydrogen-bond acceptors (Lipinski definition) is 4. The molecule has 0 amide bonds. The number of ether oxygens (including phenoxy) is 2. The van der Waals surface area contributed by atoms with Crippen molar-refractivity contribution in [2.45, 2.75) is 6.36 Å². The standard InChI is InChI=1S/C16H13F3N2O2/c1-22-14-6-2-12(3-7-14)10-20-21-11-13-4-8-15(9-5-13)23-16(17,18)19/h2-11H,1H3/b20-10+,21-11-. The Labute approximate surface area is 130 Å². The van der Waals surface area contributed by atoms with Gasteiger partial charge in [-0.2, -0.15) is 10.2 Å². The highest BCUT2D eigenvalue weighted by Crippen LogP contribution is 2.22. The van der Waals surface area contributed by atoms with Gasteiger partial charge in [0.1, 0.15) is 11.5 Å². The molecule has 4 nitrogen and oxygen atoms in total. The average molecular weight is 322 g/mol. The Morgan fingerprint density at radius 2 is 1.22 bits per heavy atom. The van der Waals surface area contributed by atoms with Crippen molar-refractivity contribution < 1.29 is 22.6 Å². The van der Waals surface area contributed by atoms with Gasteiger partial charge in [0.05, 0.1) is 19.5 Å². The summed E-state index contributed by atoms with van der Waals surface area (Å²) < 4.78 is 44.9. The van der Waals surface area contributed by atoms with Gasteiger partial charge in [-0.15, -0.1) is 13.2 Å². The van der Waals surface area contributed by atoms with Crippen LogP contribution in [-0.4, -0.2) is 25.9 Å². The molecule has 2 aromatic rings. The van der Waals surface area contributed by atoms with Gasteiger partial charge >= 0.3 is 6.36 Å². The molecule has 23 heavy (non-hydrogen) atoms. The maximum atomic E-state index is 12.0. The van der Waals surface area contributed by atoms with Crippen LogP contribution in [0.5, 0.6) is 11.5 Å². The summed E-state index contributed by atoms with van der Waals surface area (Å²) in [7, 11) is 1.58. The van der Waals surface area contributed by atoms with Crippen molar-refractivity contribution in [2.75, 3.05) is 7.11 Å². The van der Waals surface area contributed by atoms with Crippen LogP contribution < -0.4 is 9.47 Å². The first-order valence-corrected chi connectivity index (χ1v) is 6.52. The van der Waals surface area contributed by atoms with Crippen LogP contribution in [0.1, 0.15) is 11.1 Å². The van der Waals surface area contributed by atoms with Gasteiger partial charge in [-0.25, -0.2) is 0 Å². The Balaban J connectivity index is 1.93.